The van der Waals surface area contributed by atoms with Crippen LogP contribution in [0.2, 0.25) is 0 Å². The quantitative estimate of drug-likeness (QED) is 0.869. The van der Waals surface area contributed by atoms with Gasteiger partial charge in [0.1, 0.15) is 5.76 Å². The Labute approximate surface area is 154 Å². The monoisotopic (exact) mass is 353 g/mol. The van der Waals surface area contributed by atoms with E-state index in [9.17, 15) is 0 Å². The highest BCUT2D eigenvalue weighted by molar-refractivity contribution is 5.76. The molecule has 0 saturated carbocycles. The molecule has 0 spiro atoms. The van der Waals surface area contributed by atoms with Crippen molar-refractivity contribution in [2.24, 2.45) is 17.4 Å². The Bertz CT molecular complexity index is 782. The molecule has 6 heteroatoms. The summed E-state index contributed by atoms with van der Waals surface area (Å²) in [6.07, 6.45) is 11.8. The van der Waals surface area contributed by atoms with Gasteiger partial charge in [0, 0.05) is 31.5 Å². The molecule has 1 aromatic heterocycles. The van der Waals surface area contributed by atoms with Crippen LogP contribution in [0.4, 0.5) is 11.4 Å². The van der Waals surface area contributed by atoms with Crippen molar-refractivity contribution >= 4 is 11.4 Å². The van der Waals surface area contributed by atoms with Crippen molar-refractivity contribution in [3.63, 3.8) is 0 Å². The highest BCUT2D eigenvalue weighted by Crippen LogP contribution is 2.40. The van der Waals surface area contributed by atoms with E-state index in [2.05, 4.69) is 47.0 Å². The Kier molecular flexibility index (Phi) is 4.46. The average Bonchev–Trinajstić information content (AvgIpc) is 3.01. The van der Waals surface area contributed by atoms with Gasteiger partial charge < -0.3 is 20.3 Å². The summed E-state index contributed by atoms with van der Waals surface area (Å²) in [4.78, 5) is 8.92. The van der Waals surface area contributed by atoms with Crippen molar-refractivity contribution in [1.29, 1.82) is 0 Å². The first kappa shape index (κ1) is 17.1. The second-order valence-corrected chi connectivity index (χ2v) is 7.51. The number of aromatic nitrogens is 1. The molecule has 4 rings (SSSR count). The molecule has 1 saturated heterocycles. The van der Waals surface area contributed by atoms with Gasteiger partial charge in [-0.05, 0) is 42.6 Å². The van der Waals surface area contributed by atoms with Gasteiger partial charge in [-0.3, -0.25) is 10.7 Å². The van der Waals surface area contributed by atoms with Crippen molar-refractivity contribution in [1.82, 2.24) is 4.98 Å². The summed E-state index contributed by atoms with van der Waals surface area (Å²) in [5.41, 5.74) is 16.6. The highest BCUT2D eigenvalue weighted by Gasteiger charge is 2.31. The van der Waals surface area contributed by atoms with Crippen LogP contribution in [-0.2, 0) is 4.74 Å². The zero-order valence-corrected chi connectivity index (χ0v) is 15.4. The van der Waals surface area contributed by atoms with E-state index in [1.165, 1.54) is 5.57 Å². The van der Waals surface area contributed by atoms with E-state index in [1.807, 2.05) is 18.5 Å². The van der Waals surface area contributed by atoms with Gasteiger partial charge in [0.15, 0.2) is 6.23 Å². The number of hydrogen-bond acceptors (Lipinski definition) is 6. The Hall–Kier alpha value is -2.31. The number of rotatable bonds is 3. The van der Waals surface area contributed by atoms with Crippen LogP contribution in [0.3, 0.4) is 0 Å². The number of fused-ring (bicyclic) bond motifs is 1. The average molecular weight is 353 g/mol. The molecule has 2 atom stereocenters. The van der Waals surface area contributed by atoms with E-state index in [-0.39, 0.29) is 6.04 Å². The maximum absolute atomic E-state index is 6.22. The maximum atomic E-state index is 6.22. The molecule has 4 N–H and O–H groups in total. The van der Waals surface area contributed by atoms with Crippen molar-refractivity contribution in [3.05, 3.63) is 53.8 Å². The third-order valence-electron chi connectivity index (χ3n) is 5.18. The van der Waals surface area contributed by atoms with Gasteiger partial charge in [-0.15, -0.1) is 0 Å². The fourth-order valence-corrected chi connectivity index (χ4v) is 3.77. The molecular weight excluding hydrogens is 326 g/mol. The van der Waals surface area contributed by atoms with E-state index in [4.69, 9.17) is 16.2 Å². The van der Waals surface area contributed by atoms with E-state index in [0.717, 1.165) is 48.8 Å². The van der Waals surface area contributed by atoms with E-state index in [1.54, 1.807) is 0 Å². The van der Waals surface area contributed by atoms with Gasteiger partial charge in [0.05, 0.1) is 23.3 Å². The van der Waals surface area contributed by atoms with Crippen molar-refractivity contribution in [2.45, 2.75) is 39.0 Å². The third kappa shape index (κ3) is 3.10. The highest BCUT2D eigenvalue weighted by atomic mass is 16.5. The fraction of sp³-hybridized carbons (Fsp3) is 0.450. The van der Waals surface area contributed by atoms with Crippen molar-refractivity contribution in [3.8, 4) is 0 Å². The van der Waals surface area contributed by atoms with Gasteiger partial charge >= 0.3 is 0 Å². The molecular formula is C20H27N5O. The van der Waals surface area contributed by atoms with E-state index in [0.29, 0.717) is 5.92 Å². The smallest absolute Gasteiger partial charge is 0.169 e. The molecule has 1 fully saturated rings. The van der Waals surface area contributed by atoms with Crippen LogP contribution in [0, 0.1) is 5.92 Å². The molecule has 6 nitrogen and oxygen atoms in total. The first-order valence-electron chi connectivity index (χ1n) is 9.34. The predicted octanol–water partition coefficient (Wildman–Crippen LogP) is 2.45. The fourth-order valence-electron chi connectivity index (χ4n) is 3.77. The Balaban J connectivity index is 1.77. The van der Waals surface area contributed by atoms with Crippen LogP contribution < -0.4 is 21.3 Å². The first-order chi connectivity index (χ1) is 12.5. The van der Waals surface area contributed by atoms with Crippen LogP contribution >= 0.6 is 0 Å². The lowest BCUT2D eigenvalue weighted by Gasteiger charge is -2.36. The van der Waals surface area contributed by atoms with Gasteiger partial charge in [0.25, 0.3) is 0 Å². The Morgan fingerprint density at radius 1 is 1.27 bits per heavy atom. The zero-order chi connectivity index (χ0) is 18.3. The molecule has 0 amide bonds. The van der Waals surface area contributed by atoms with Crippen LogP contribution in [0.1, 0.15) is 26.7 Å². The number of hydrogen-bond donors (Lipinski definition) is 2. The summed E-state index contributed by atoms with van der Waals surface area (Å²) >= 11 is 0. The van der Waals surface area contributed by atoms with Gasteiger partial charge in [-0.1, -0.05) is 13.8 Å². The summed E-state index contributed by atoms with van der Waals surface area (Å²) in [6.45, 7) is 6.23. The van der Waals surface area contributed by atoms with E-state index >= 15 is 0 Å². The maximum Gasteiger partial charge on any atom is 0.169 e. The minimum absolute atomic E-state index is 0.214. The number of pyridine rings is 1. The number of piperidine rings is 1. The van der Waals surface area contributed by atoms with Crippen LogP contribution in [0.5, 0.6) is 0 Å². The number of allylic oxidation sites excluding steroid dienone is 2. The van der Waals surface area contributed by atoms with Crippen molar-refractivity contribution < 1.29 is 4.74 Å². The second-order valence-electron chi connectivity index (χ2n) is 7.51. The summed E-state index contributed by atoms with van der Waals surface area (Å²) in [5.74, 6) is 1.21. The third-order valence-corrected chi connectivity index (χ3v) is 5.18. The van der Waals surface area contributed by atoms with Crippen LogP contribution in [-0.4, -0.2) is 30.3 Å². The zero-order valence-electron chi connectivity index (χ0n) is 15.4. The molecule has 0 aliphatic carbocycles. The number of ether oxygens (including phenoxy) is 1. The van der Waals surface area contributed by atoms with Crippen LogP contribution in [0.15, 0.2) is 53.8 Å². The molecule has 0 bridgehead atoms. The summed E-state index contributed by atoms with van der Waals surface area (Å²) in [6, 6.07) is 2.29. The normalized spacial score (nSPS) is 25.5. The van der Waals surface area contributed by atoms with Crippen LogP contribution in [0.25, 0.3) is 0 Å². The lowest BCUT2D eigenvalue weighted by Crippen LogP contribution is -2.43. The standard InChI is InChI=1S/C20H27N5O/c1-13(2)14-8-19-17(9-20(22)26-19)25(11-14)18-10-23-6-5-16(18)24-7-3-4-15(21)12-24/h5-6,8-11,13,15,20H,3-4,7,12,21-22H2,1-2H3. The topological polar surface area (TPSA) is 80.6 Å². The number of nitrogens with two attached hydrogens (primary N) is 2. The summed E-state index contributed by atoms with van der Waals surface area (Å²) in [7, 11) is 0. The second kappa shape index (κ2) is 6.78. The summed E-state index contributed by atoms with van der Waals surface area (Å²) in [5, 5.41) is 0. The van der Waals surface area contributed by atoms with Gasteiger partial charge in [-0.25, -0.2) is 0 Å². The minimum Gasteiger partial charge on any atom is -0.470 e. The number of anilines is 2. The van der Waals surface area contributed by atoms with Crippen molar-refractivity contribution in [2.75, 3.05) is 22.9 Å². The molecule has 4 heterocycles. The summed E-state index contributed by atoms with van der Waals surface area (Å²) < 4.78 is 5.81. The predicted molar refractivity (Wildman–Crippen MR) is 104 cm³/mol. The largest absolute Gasteiger partial charge is 0.470 e. The minimum atomic E-state index is -0.415. The Morgan fingerprint density at radius 3 is 2.88 bits per heavy atom. The molecule has 3 aliphatic heterocycles. The molecule has 0 aromatic carbocycles. The first-order valence-corrected chi connectivity index (χ1v) is 9.34. The number of nitrogens with zero attached hydrogens (tertiary/aromatic N) is 3. The molecule has 3 aliphatic rings. The lowest BCUT2D eigenvalue weighted by molar-refractivity contribution is 0.185. The van der Waals surface area contributed by atoms with E-state index < -0.39 is 6.23 Å². The molecule has 26 heavy (non-hydrogen) atoms. The lowest BCUT2D eigenvalue weighted by atomic mass is 9.99. The van der Waals surface area contributed by atoms with Gasteiger partial charge in [0.2, 0.25) is 0 Å². The van der Waals surface area contributed by atoms with Gasteiger partial charge in [-0.2, -0.15) is 0 Å². The molecule has 2 unspecified atom stereocenters. The molecule has 0 radical (unpaired) electrons. The molecule has 1 aromatic rings. The Morgan fingerprint density at radius 2 is 2.12 bits per heavy atom. The SMILES string of the molecule is CC(C)C1=CN(c2cnccc2N2CCCC(N)C2)C2=CC(N)OC2=C1. The molecule has 138 valence electrons.